The number of thiazole rings is 1. The lowest BCUT2D eigenvalue weighted by Crippen LogP contribution is -2.41. The first-order valence-electron chi connectivity index (χ1n) is 9.48. The number of halogens is 3. The predicted molar refractivity (Wildman–Crippen MR) is 116 cm³/mol. The number of carbonyl (C=O) groups is 1. The number of rotatable bonds is 4. The normalized spacial score (nSPS) is 16.0. The molecule has 1 amide bonds. The molecule has 2 heterocycles. The summed E-state index contributed by atoms with van der Waals surface area (Å²) >= 11 is 7.49. The first-order chi connectivity index (χ1) is 14.7. The largest absolute Gasteiger partial charge is 0.302 e. The summed E-state index contributed by atoms with van der Waals surface area (Å²) in [7, 11) is -3.97. The summed E-state index contributed by atoms with van der Waals surface area (Å²) in [6.45, 7) is 2.11. The average molecular weight is 486 g/mol. The minimum atomic E-state index is -3.97. The third kappa shape index (κ3) is 4.30. The number of benzene rings is 2. The van der Waals surface area contributed by atoms with Crippen LogP contribution in [0.2, 0.25) is 5.02 Å². The van der Waals surface area contributed by atoms with Gasteiger partial charge >= 0.3 is 0 Å². The van der Waals surface area contributed by atoms with Gasteiger partial charge in [-0.2, -0.15) is 4.31 Å². The number of sulfonamides is 1. The molecule has 31 heavy (non-hydrogen) atoms. The Kier molecular flexibility index (Phi) is 5.99. The minimum Gasteiger partial charge on any atom is -0.302 e. The lowest BCUT2D eigenvalue weighted by atomic mass is 9.97. The van der Waals surface area contributed by atoms with Crippen LogP contribution in [0.3, 0.4) is 0 Å². The van der Waals surface area contributed by atoms with Crippen LogP contribution in [0.1, 0.15) is 18.4 Å². The molecule has 1 N–H and O–H groups in total. The van der Waals surface area contributed by atoms with Crippen LogP contribution in [-0.4, -0.2) is 36.7 Å². The molecule has 0 atom stereocenters. The van der Waals surface area contributed by atoms with Crippen LogP contribution in [0.4, 0.5) is 13.9 Å². The number of nitrogens with one attached hydrogen (secondary N) is 1. The van der Waals surface area contributed by atoms with Crippen LogP contribution in [0.5, 0.6) is 0 Å². The number of piperidine rings is 1. The van der Waals surface area contributed by atoms with Crippen molar-refractivity contribution in [3.63, 3.8) is 0 Å². The highest BCUT2D eigenvalue weighted by Gasteiger charge is 2.33. The van der Waals surface area contributed by atoms with Crippen molar-refractivity contribution in [2.45, 2.75) is 24.7 Å². The second-order valence-electron chi connectivity index (χ2n) is 7.30. The van der Waals surface area contributed by atoms with Crippen molar-refractivity contribution < 1.29 is 22.0 Å². The van der Waals surface area contributed by atoms with Gasteiger partial charge in [-0.15, -0.1) is 0 Å². The summed E-state index contributed by atoms with van der Waals surface area (Å²) in [6, 6.07) is 6.14. The van der Waals surface area contributed by atoms with Gasteiger partial charge in [-0.25, -0.2) is 22.2 Å². The maximum absolute atomic E-state index is 13.5. The number of hydrogen-bond acceptors (Lipinski definition) is 5. The second kappa shape index (κ2) is 8.42. The molecule has 1 fully saturated rings. The predicted octanol–water partition coefficient (Wildman–Crippen LogP) is 4.58. The zero-order chi connectivity index (χ0) is 22.3. The molecule has 4 rings (SSSR count). The molecule has 6 nitrogen and oxygen atoms in total. The third-order valence-corrected chi connectivity index (χ3v) is 8.61. The highest BCUT2D eigenvalue weighted by atomic mass is 35.5. The third-order valence-electron chi connectivity index (χ3n) is 5.28. The van der Waals surface area contributed by atoms with Gasteiger partial charge in [-0.1, -0.05) is 29.0 Å². The van der Waals surface area contributed by atoms with E-state index in [1.165, 1.54) is 15.6 Å². The van der Waals surface area contributed by atoms with Crippen LogP contribution >= 0.6 is 22.9 Å². The average Bonchev–Trinajstić information content (AvgIpc) is 3.18. The fraction of sp³-hybridized carbons (Fsp3) is 0.300. The summed E-state index contributed by atoms with van der Waals surface area (Å²) in [6.07, 6.45) is 0.610. The van der Waals surface area contributed by atoms with Crippen LogP contribution in [-0.2, 0) is 14.8 Å². The van der Waals surface area contributed by atoms with Gasteiger partial charge in [0.05, 0.1) is 20.1 Å². The molecule has 0 spiro atoms. The van der Waals surface area contributed by atoms with Crippen molar-refractivity contribution >= 4 is 54.2 Å². The lowest BCUT2D eigenvalue weighted by molar-refractivity contribution is -0.120. The quantitative estimate of drug-likeness (QED) is 0.587. The van der Waals surface area contributed by atoms with Crippen molar-refractivity contribution in [2.75, 3.05) is 18.4 Å². The Morgan fingerprint density at radius 3 is 2.55 bits per heavy atom. The maximum atomic E-state index is 13.5. The molecule has 1 aliphatic rings. The van der Waals surface area contributed by atoms with Gasteiger partial charge in [0.2, 0.25) is 15.9 Å². The number of carbonyl (C=O) groups excluding carboxylic acids is 1. The number of aromatic nitrogens is 1. The molecular formula is C20H18ClF2N3O3S2. The Morgan fingerprint density at radius 1 is 1.19 bits per heavy atom. The van der Waals surface area contributed by atoms with Crippen molar-refractivity contribution in [2.24, 2.45) is 5.92 Å². The van der Waals surface area contributed by atoms with Gasteiger partial charge in [-0.05, 0) is 49.6 Å². The van der Waals surface area contributed by atoms with E-state index in [1.807, 2.05) is 13.0 Å². The molecule has 0 aliphatic carbocycles. The van der Waals surface area contributed by atoms with E-state index in [-0.39, 0.29) is 29.8 Å². The van der Waals surface area contributed by atoms with E-state index in [2.05, 4.69) is 10.3 Å². The number of fused-ring (bicyclic) bond motifs is 1. The first kappa shape index (κ1) is 22.1. The zero-order valence-electron chi connectivity index (χ0n) is 16.4. The standard InChI is InChI=1S/C20H18ClF2N3O3S2/c1-11-2-4-14(21)18-17(11)24-20(30-18)25-19(27)12-6-8-26(9-7-12)31(28,29)13-3-5-15(22)16(23)10-13/h2-5,10,12H,6-9H2,1H3,(H,24,25,27). The Morgan fingerprint density at radius 2 is 1.90 bits per heavy atom. The Hall–Kier alpha value is -2.14. The minimum absolute atomic E-state index is 0.101. The number of anilines is 1. The van der Waals surface area contributed by atoms with Crippen molar-refractivity contribution in [1.29, 1.82) is 0 Å². The Labute approximate surface area is 186 Å². The summed E-state index contributed by atoms with van der Waals surface area (Å²) < 4.78 is 53.9. The summed E-state index contributed by atoms with van der Waals surface area (Å²) in [5.74, 6) is -2.96. The molecule has 1 saturated heterocycles. The maximum Gasteiger partial charge on any atom is 0.243 e. The van der Waals surface area contributed by atoms with E-state index in [4.69, 9.17) is 11.6 Å². The molecule has 1 aromatic heterocycles. The van der Waals surface area contributed by atoms with Crippen LogP contribution < -0.4 is 5.32 Å². The smallest absolute Gasteiger partial charge is 0.243 e. The van der Waals surface area contributed by atoms with Gasteiger partial charge in [0.25, 0.3) is 0 Å². The molecule has 2 aromatic carbocycles. The van der Waals surface area contributed by atoms with E-state index in [9.17, 15) is 22.0 Å². The molecule has 0 unspecified atom stereocenters. The van der Waals surface area contributed by atoms with Crippen molar-refractivity contribution in [1.82, 2.24) is 9.29 Å². The van der Waals surface area contributed by atoms with E-state index in [0.29, 0.717) is 29.1 Å². The van der Waals surface area contributed by atoms with Crippen LogP contribution in [0.25, 0.3) is 10.2 Å². The van der Waals surface area contributed by atoms with Crippen LogP contribution in [0.15, 0.2) is 35.2 Å². The number of nitrogens with zero attached hydrogens (tertiary/aromatic N) is 2. The number of amides is 1. The van der Waals surface area contributed by atoms with Gasteiger partial charge in [-0.3, -0.25) is 4.79 Å². The molecule has 164 valence electrons. The van der Waals surface area contributed by atoms with E-state index >= 15 is 0 Å². The molecular weight excluding hydrogens is 468 g/mol. The highest BCUT2D eigenvalue weighted by Crippen LogP contribution is 2.34. The first-order valence-corrected chi connectivity index (χ1v) is 12.1. The molecule has 1 aliphatic heterocycles. The van der Waals surface area contributed by atoms with Gasteiger partial charge in [0.15, 0.2) is 16.8 Å². The zero-order valence-corrected chi connectivity index (χ0v) is 18.8. The molecule has 0 radical (unpaired) electrons. The van der Waals surface area contributed by atoms with E-state index < -0.39 is 21.7 Å². The van der Waals surface area contributed by atoms with Crippen molar-refractivity contribution in [3.05, 3.63) is 52.6 Å². The topological polar surface area (TPSA) is 79.4 Å². The van der Waals surface area contributed by atoms with Gasteiger partial charge in [0.1, 0.15) is 0 Å². The molecule has 3 aromatic rings. The second-order valence-corrected chi connectivity index (χ2v) is 10.6. The van der Waals surface area contributed by atoms with Crippen molar-refractivity contribution in [3.8, 4) is 0 Å². The Bertz CT molecular complexity index is 1230. The number of hydrogen-bond donors (Lipinski definition) is 1. The molecule has 11 heteroatoms. The van der Waals surface area contributed by atoms with E-state index in [0.717, 1.165) is 27.9 Å². The fourth-order valence-corrected chi connectivity index (χ4v) is 6.21. The van der Waals surface area contributed by atoms with Crippen LogP contribution in [0, 0.1) is 24.5 Å². The summed E-state index contributed by atoms with van der Waals surface area (Å²) in [5.41, 5.74) is 1.69. The number of aryl methyl sites for hydroxylation is 1. The monoisotopic (exact) mass is 485 g/mol. The fourth-order valence-electron chi connectivity index (χ4n) is 3.51. The lowest BCUT2D eigenvalue weighted by Gasteiger charge is -2.30. The Balaban J connectivity index is 1.42. The van der Waals surface area contributed by atoms with Gasteiger partial charge in [0, 0.05) is 19.0 Å². The molecule has 0 saturated carbocycles. The van der Waals surface area contributed by atoms with Gasteiger partial charge < -0.3 is 5.32 Å². The summed E-state index contributed by atoms with van der Waals surface area (Å²) in [4.78, 5) is 16.8. The van der Waals surface area contributed by atoms with E-state index in [1.54, 1.807) is 6.07 Å². The summed E-state index contributed by atoms with van der Waals surface area (Å²) in [5, 5.41) is 3.81. The SMILES string of the molecule is Cc1ccc(Cl)c2sc(NC(=O)C3CCN(S(=O)(=O)c4ccc(F)c(F)c4)CC3)nc12. The molecule has 0 bridgehead atoms. The highest BCUT2D eigenvalue weighted by molar-refractivity contribution is 7.89.